The van der Waals surface area contributed by atoms with Crippen molar-refractivity contribution in [3.8, 4) is 5.75 Å². The minimum Gasteiger partial charge on any atom is -0.428 e. The van der Waals surface area contributed by atoms with Crippen LogP contribution in [0.15, 0.2) is 41.1 Å². The summed E-state index contributed by atoms with van der Waals surface area (Å²) in [7, 11) is -5.09. The van der Waals surface area contributed by atoms with Crippen LogP contribution in [-0.2, 0) is 10.1 Å². The third kappa shape index (κ3) is 4.88. The highest BCUT2D eigenvalue weighted by Gasteiger charge is 2.94. The number of rotatable bonds is 10. The SMILES string of the molecule is O=S(=O)(O)c1ccc(OC(F)(F)C(F)(F)C(F)(F)C(F)(F)C(F)(F)C(F)(F)C(F)(F)C(F)=C(F)F)cc1. The Labute approximate surface area is 192 Å². The first-order valence-corrected chi connectivity index (χ1v) is 9.60. The molecule has 0 amide bonds. The van der Waals surface area contributed by atoms with E-state index in [4.69, 9.17) is 4.55 Å². The molecule has 0 atom stereocenters. The molecule has 0 fully saturated rings. The summed E-state index contributed by atoms with van der Waals surface area (Å²) >= 11 is 0. The number of ether oxygens (including phenoxy) is 1. The van der Waals surface area contributed by atoms with Crippen molar-refractivity contribution < 1.29 is 92.3 Å². The highest BCUT2D eigenvalue weighted by Crippen LogP contribution is 2.63. The molecule has 1 aromatic rings. The average molecular weight is 604 g/mol. The topological polar surface area (TPSA) is 63.6 Å². The summed E-state index contributed by atoms with van der Waals surface area (Å²) < 4.78 is 259. The van der Waals surface area contributed by atoms with Crippen molar-refractivity contribution in [3.63, 3.8) is 0 Å². The fourth-order valence-corrected chi connectivity index (χ4v) is 2.60. The van der Waals surface area contributed by atoms with Gasteiger partial charge in [0.15, 0.2) is 0 Å². The molecule has 0 heterocycles. The Balaban J connectivity index is 3.59. The van der Waals surface area contributed by atoms with Gasteiger partial charge in [0.1, 0.15) is 5.75 Å². The second kappa shape index (κ2) is 9.05. The molecule has 1 aromatic carbocycles. The van der Waals surface area contributed by atoms with Crippen LogP contribution in [0.4, 0.5) is 74.6 Å². The predicted octanol–water partition coefficient (Wildman–Crippen LogP) is 6.79. The molecule has 22 heteroatoms. The zero-order valence-corrected chi connectivity index (χ0v) is 17.1. The zero-order valence-electron chi connectivity index (χ0n) is 16.3. The average Bonchev–Trinajstić information content (AvgIpc) is 2.71. The highest BCUT2D eigenvalue weighted by molar-refractivity contribution is 7.85. The van der Waals surface area contributed by atoms with E-state index in [2.05, 4.69) is 4.74 Å². The minimum atomic E-state index is -8.68. The number of benzene rings is 1. The highest BCUT2D eigenvalue weighted by atomic mass is 32.2. The van der Waals surface area contributed by atoms with E-state index in [1.807, 2.05) is 0 Å². The van der Waals surface area contributed by atoms with Crippen molar-refractivity contribution in [3.05, 3.63) is 36.2 Å². The molecule has 0 radical (unpaired) electrons. The Morgan fingerprint density at radius 3 is 1.32 bits per heavy atom. The van der Waals surface area contributed by atoms with Gasteiger partial charge < -0.3 is 4.74 Å². The largest absolute Gasteiger partial charge is 0.471 e. The van der Waals surface area contributed by atoms with Gasteiger partial charge in [-0.15, -0.1) is 0 Å². The van der Waals surface area contributed by atoms with Gasteiger partial charge in [0.2, 0.25) is 5.83 Å². The summed E-state index contributed by atoms with van der Waals surface area (Å²) in [6.07, 6.45) is -11.7. The molecule has 0 bridgehead atoms. The normalized spacial score (nSPS) is 15.0. The Kier molecular flexibility index (Phi) is 7.95. The van der Waals surface area contributed by atoms with Crippen LogP contribution in [0.3, 0.4) is 0 Å². The lowest BCUT2D eigenvalue weighted by atomic mass is 9.90. The van der Waals surface area contributed by atoms with E-state index < -0.39 is 74.3 Å². The zero-order chi connectivity index (χ0) is 29.8. The van der Waals surface area contributed by atoms with E-state index in [1.54, 1.807) is 0 Å². The standard InChI is InChI=1S/C15H5F17O4S/c16-7(8(17)18)9(19,20)10(21,22)11(23,24)12(25,26)13(27,28)14(29,30)15(31,32)36-5-1-3-6(4-2-5)37(33,34)35/h1-4H,(H,33,34,35). The summed E-state index contributed by atoms with van der Waals surface area (Å²) in [6, 6.07) is -0.108. The quantitative estimate of drug-likeness (QED) is 0.236. The molecule has 0 aromatic heterocycles. The molecule has 0 aliphatic carbocycles. The lowest BCUT2D eigenvalue weighted by Gasteiger charge is -2.41. The Hall–Kier alpha value is -2.52. The second-order valence-electron chi connectivity index (χ2n) is 6.59. The molecule has 0 saturated carbocycles. The lowest BCUT2D eigenvalue weighted by Crippen LogP contribution is -2.73. The number of halogens is 17. The van der Waals surface area contributed by atoms with Crippen molar-refractivity contribution in [2.75, 3.05) is 0 Å². The molecule has 1 rings (SSSR count). The van der Waals surface area contributed by atoms with Crippen LogP contribution in [-0.4, -0.2) is 54.6 Å². The van der Waals surface area contributed by atoms with Crippen molar-refractivity contribution >= 4 is 10.1 Å². The molecular formula is C15H5F17O4S. The molecule has 214 valence electrons. The van der Waals surface area contributed by atoms with Gasteiger partial charge in [-0.25, -0.2) is 0 Å². The summed E-state index contributed by atoms with van der Waals surface area (Å²) in [4.78, 5) is -1.18. The van der Waals surface area contributed by atoms with Crippen LogP contribution in [0, 0.1) is 0 Å². The second-order valence-corrected chi connectivity index (χ2v) is 8.01. The molecule has 0 unspecified atom stereocenters. The smallest absolute Gasteiger partial charge is 0.428 e. The van der Waals surface area contributed by atoms with Gasteiger partial charge in [-0.3, -0.25) is 4.55 Å². The fourth-order valence-electron chi connectivity index (χ4n) is 2.12. The van der Waals surface area contributed by atoms with Crippen LogP contribution in [0.25, 0.3) is 0 Å². The monoisotopic (exact) mass is 604 g/mol. The molecule has 0 saturated heterocycles. The molecular weight excluding hydrogens is 599 g/mol. The van der Waals surface area contributed by atoms with Crippen molar-refractivity contribution in [1.82, 2.24) is 0 Å². The van der Waals surface area contributed by atoms with E-state index in [-0.39, 0.29) is 24.3 Å². The first kappa shape index (κ1) is 32.5. The van der Waals surface area contributed by atoms with Gasteiger partial charge in [0.05, 0.1) is 4.90 Å². The number of hydrogen-bond acceptors (Lipinski definition) is 3. The first-order chi connectivity index (χ1) is 16.0. The molecule has 0 aliphatic heterocycles. The van der Waals surface area contributed by atoms with E-state index in [9.17, 15) is 83.1 Å². The van der Waals surface area contributed by atoms with Gasteiger partial charge in [0.25, 0.3) is 10.1 Å². The summed E-state index contributed by atoms with van der Waals surface area (Å²) in [5, 5.41) is 0. The Morgan fingerprint density at radius 1 is 0.622 bits per heavy atom. The van der Waals surface area contributed by atoms with Gasteiger partial charge in [-0.05, 0) is 24.3 Å². The minimum absolute atomic E-state index is 0.0640. The van der Waals surface area contributed by atoms with Crippen LogP contribution in [0.1, 0.15) is 0 Å². The fraction of sp³-hybridized carbons (Fsp3) is 0.467. The maximum absolute atomic E-state index is 13.7. The van der Waals surface area contributed by atoms with Crippen LogP contribution >= 0.6 is 0 Å². The number of allylic oxidation sites excluding steroid dienone is 1. The van der Waals surface area contributed by atoms with Crippen LogP contribution < -0.4 is 4.74 Å². The summed E-state index contributed by atoms with van der Waals surface area (Å²) in [5.74, 6) is -56.7. The van der Waals surface area contributed by atoms with Gasteiger partial charge in [0, 0.05) is 0 Å². The van der Waals surface area contributed by atoms with Gasteiger partial charge in [-0.1, -0.05) is 0 Å². The number of hydrogen-bond donors (Lipinski definition) is 1. The molecule has 37 heavy (non-hydrogen) atoms. The maximum atomic E-state index is 13.7. The van der Waals surface area contributed by atoms with Gasteiger partial charge >= 0.3 is 47.7 Å². The predicted molar refractivity (Wildman–Crippen MR) is 81.9 cm³/mol. The molecule has 0 spiro atoms. The maximum Gasteiger partial charge on any atom is 0.471 e. The number of alkyl halides is 14. The van der Waals surface area contributed by atoms with E-state index in [0.717, 1.165) is 0 Å². The third-order valence-corrected chi connectivity index (χ3v) is 5.01. The van der Waals surface area contributed by atoms with Gasteiger partial charge in [-0.2, -0.15) is 83.1 Å². The van der Waals surface area contributed by atoms with Crippen molar-refractivity contribution in [1.29, 1.82) is 0 Å². The van der Waals surface area contributed by atoms with Crippen molar-refractivity contribution in [2.45, 2.75) is 46.5 Å². The van der Waals surface area contributed by atoms with Crippen molar-refractivity contribution in [2.24, 2.45) is 0 Å². The Bertz CT molecular complexity index is 1140. The Morgan fingerprint density at radius 2 is 0.973 bits per heavy atom. The molecule has 0 aliphatic rings. The molecule has 1 N–H and O–H groups in total. The summed E-state index contributed by atoms with van der Waals surface area (Å²) in [6.45, 7) is 0. The van der Waals surface area contributed by atoms with Crippen LogP contribution in [0.5, 0.6) is 5.75 Å². The molecule has 4 nitrogen and oxygen atoms in total. The third-order valence-electron chi connectivity index (χ3n) is 4.15. The van der Waals surface area contributed by atoms with E-state index in [0.29, 0.717) is 0 Å². The first-order valence-electron chi connectivity index (χ1n) is 8.16. The van der Waals surface area contributed by atoms with E-state index >= 15 is 0 Å². The lowest BCUT2D eigenvalue weighted by molar-refractivity contribution is -0.456. The van der Waals surface area contributed by atoms with E-state index in [1.165, 1.54) is 0 Å². The van der Waals surface area contributed by atoms with Crippen LogP contribution in [0.2, 0.25) is 0 Å². The summed E-state index contributed by atoms with van der Waals surface area (Å²) in [5.41, 5.74) is 0.